The number of alkyl halides is 13. The summed E-state index contributed by atoms with van der Waals surface area (Å²) in [5, 5.41) is 0. The Morgan fingerprint density at radius 1 is 0.468 bits per heavy atom. The van der Waals surface area contributed by atoms with Gasteiger partial charge in [0.2, 0.25) is 0 Å². The highest BCUT2D eigenvalue weighted by Crippen LogP contribution is 2.78. The first-order valence-corrected chi connectivity index (χ1v) is 14.1. The van der Waals surface area contributed by atoms with E-state index >= 15 is 52.7 Å². The van der Waals surface area contributed by atoms with Gasteiger partial charge in [-0.25, -0.2) is 0 Å². The quantitative estimate of drug-likeness (QED) is 0.148. The van der Waals surface area contributed by atoms with Crippen molar-refractivity contribution >= 4 is 17.2 Å². The third-order valence-electron chi connectivity index (χ3n) is 8.60. The van der Waals surface area contributed by atoms with Crippen LogP contribution in [0.25, 0.3) is 5.57 Å². The highest BCUT2D eigenvalue weighted by molar-refractivity contribution is 6.29. The molecule has 3 atom stereocenters. The maximum Gasteiger partial charge on any atom is 0.413 e. The SMILES string of the molecule is FC(F)(F)C1=C(c2ccccc2)C(c2ccccc2)(c2ccccc2)C(Cl)(C(F)(F)F)C(c2ccccc2)(C(F)(F)F)C1C(F)(F)F. The van der Waals surface area contributed by atoms with Crippen LogP contribution in [0.3, 0.4) is 0 Å². The Balaban J connectivity index is 2.33. The van der Waals surface area contributed by atoms with E-state index in [0.717, 1.165) is 78.9 Å². The molecule has 0 spiro atoms. The third-order valence-corrected chi connectivity index (χ3v) is 9.40. The van der Waals surface area contributed by atoms with E-state index in [1.54, 1.807) is 0 Å². The zero-order valence-electron chi connectivity index (χ0n) is 23.5. The fourth-order valence-electron chi connectivity index (χ4n) is 7.18. The third kappa shape index (κ3) is 4.85. The molecule has 0 heterocycles. The molecule has 3 unspecified atom stereocenters. The zero-order valence-corrected chi connectivity index (χ0v) is 24.3. The second kappa shape index (κ2) is 11.4. The second-order valence-corrected chi connectivity index (χ2v) is 11.5. The van der Waals surface area contributed by atoms with E-state index in [2.05, 4.69) is 0 Å². The van der Waals surface area contributed by atoms with Crippen LogP contribution in [0.5, 0.6) is 0 Å². The summed E-state index contributed by atoms with van der Waals surface area (Å²) in [6.07, 6.45) is -26.1. The van der Waals surface area contributed by atoms with Crippen LogP contribution in [0.1, 0.15) is 22.3 Å². The number of allylic oxidation sites excluding steroid dienone is 2. The van der Waals surface area contributed by atoms with Crippen molar-refractivity contribution in [2.75, 3.05) is 0 Å². The lowest BCUT2D eigenvalue weighted by atomic mass is 9.42. The Bertz CT molecular complexity index is 1690. The Kier molecular flexibility index (Phi) is 8.31. The molecule has 13 heteroatoms. The van der Waals surface area contributed by atoms with E-state index in [9.17, 15) is 0 Å². The van der Waals surface area contributed by atoms with Crippen molar-refractivity contribution < 1.29 is 52.7 Å². The molecule has 0 bridgehead atoms. The van der Waals surface area contributed by atoms with Crippen LogP contribution < -0.4 is 0 Å². The standard InChI is InChI=1S/C34H21ClF12/c35-32(34(45,46)47)28(22-15-7-2-8-16-22,23-17-9-3-10-18-23)25(21-13-5-1-6-14-21)26(30(36,37)38)27(31(39,40)41)29(32,33(42,43)44)24-19-11-4-12-20-24/h1-20,27H. The number of rotatable bonds is 4. The summed E-state index contributed by atoms with van der Waals surface area (Å²) in [7, 11) is 0. The highest BCUT2D eigenvalue weighted by atomic mass is 35.5. The minimum atomic E-state index is -6.72. The van der Waals surface area contributed by atoms with Crippen molar-refractivity contribution in [1.82, 2.24) is 0 Å². The summed E-state index contributed by atoms with van der Waals surface area (Å²) < 4.78 is 190. The van der Waals surface area contributed by atoms with Gasteiger partial charge in [0.1, 0.15) is 11.3 Å². The second-order valence-electron chi connectivity index (χ2n) is 10.9. The Morgan fingerprint density at radius 3 is 1.15 bits per heavy atom. The maximum absolute atomic E-state index is 16.3. The minimum absolute atomic E-state index is 0.289. The number of benzene rings is 4. The first-order valence-electron chi connectivity index (χ1n) is 13.7. The van der Waals surface area contributed by atoms with Crippen LogP contribution in [0, 0.1) is 5.92 Å². The molecule has 5 rings (SSSR count). The topological polar surface area (TPSA) is 0 Å². The molecule has 0 nitrogen and oxygen atoms in total. The van der Waals surface area contributed by atoms with Crippen LogP contribution in [0.4, 0.5) is 52.7 Å². The molecule has 4 aromatic carbocycles. The van der Waals surface area contributed by atoms with Crippen LogP contribution >= 0.6 is 11.6 Å². The van der Waals surface area contributed by atoms with Gasteiger partial charge in [0.15, 0.2) is 4.87 Å². The Hall–Kier alpha value is -3.93. The maximum atomic E-state index is 16.3. The summed E-state index contributed by atoms with van der Waals surface area (Å²) in [5.74, 6) is -4.90. The summed E-state index contributed by atoms with van der Waals surface area (Å²) in [5.41, 5.74) is -18.2. The Morgan fingerprint density at radius 2 is 0.830 bits per heavy atom. The van der Waals surface area contributed by atoms with Gasteiger partial charge in [-0.3, -0.25) is 0 Å². The van der Waals surface area contributed by atoms with Crippen LogP contribution in [0.15, 0.2) is 127 Å². The van der Waals surface area contributed by atoms with Crippen molar-refractivity contribution in [2.45, 2.75) is 40.4 Å². The van der Waals surface area contributed by atoms with Crippen molar-refractivity contribution in [2.24, 2.45) is 5.92 Å². The lowest BCUT2D eigenvalue weighted by Crippen LogP contribution is -2.79. The smallest absolute Gasteiger partial charge is 0.170 e. The van der Waals surface area contributed by atoms with Crippen molar-refractivity contribution in [3.63, 3.8) is 0 Å². The monoisotopic (exact) mass is 692 g/mol. The summed E-state index contributed by atoms with van der Waals surface area (Å²) >= 11 is 6.60. The summed E-state index contributed by atoms with van der Waals surface area (Å²) in [6.45, 7) is 0. The minimum Gasteiger partial charge on any atom is -0.170 e. The number of halogens is 13. The molecule has 0 radical (unpaired) electrons. The van der Waals surface area contributed by atoms with E-state index < -0.39 is 79.7 Å². The van der Waals surface area contributed by atoms with Gasteiger partial charge in [0.05, 0.1) is 11.0 Å². The molecule has 1 aliphatic rings. The lowest BCUT2D eigenvalue weighted by Gasteiger charge is -2.64. The van der Waals surface area contributed by atoms with Gasteiger partial charge >= 0.3 is 24.7 Å². The molecule has 0 saturated carbocycles. The molecule has 1 aliphatic carbocycles. The molecule has 47 heavy (non-hydrogen) atoms. The van der Waals surface area contributed by atoms with Gasteiger partial charge in [0.25, 0.3) is 0 Å². The van der Waals surface area contributed by atoms with Crippen LogP contribution in [-0.2, 0) is 10.8 Å². The molecule has 0 saturated heterocycles. The first-order chi connectivity index (χ1) is 21.8. The summed E-state index contributed by atoms with van der Waals surface area (Å²) in [4.78, 5) is -5.24. The lowest BCUT2D eigenvalue weighted by molar-refractivity contribution is -0.316. The molecule has 0 N–H and O–H groups in total. The van der Waals surface area contributed by atoms with Crippen molar-refractivity contribution in [3.8, 4) is 0 Å². The zero-order chi connectivity index (χ0) is 34.7. The molecule has 0 aliphatic heterocycles. The van der Waals surface area contributed by atoms with Crippen molar-refractivity contribution in [1.29, 1.82) is 0 Å². The van der Waals surface area contributed by atoms with Gasteiger partial charge in [-0.15, -0.1) is 11.6 Å². The van der Waals surface area contributed by atoms with Crippen LogP contribution in [-0.4, -0.2) is 29.6 Å². The fraction of sp³-hybridized carbons (Fsp3) is 0.235. The highest BCUT2D eigenvalue weighted by Gasteiger charge is 2.91. The fourth-order valence-corrected chi connectivity index (χ4v) is 7.81. The van der Waals surface area contributed by atoms with Gasteiger partial charge in [-0.1, -0.05) is 121 Å². The predicted octanol–water partition coefficient (Wildman–Crippen LogP) is 11.2. The van der Waals surface area contributed by atoms with E-state index in [1.807, 2.05) is 0 Å². The van der Waals surface area contributed by atoms with Gasteiger partial charge in [-0.2, -0.15) is 52.7 Å². The molecule has 0 aromatic heterocycles. The van der Waals surface area contributed by atoms with E-state index in [0.29, 0.717) is 12.1 Å². The normalized spacial score (nSPS) is 23.9. The molecular weight excluding hydrogens is 672 g/mol. The summed E-state index contributed by atoms with van der Waals surface area (Å²) in [6, 6.07) is 17.9. The van der Waals surface area contributed by atoms with E-state index in [-0.39, 0.29) is 12.1 Å². The molecule has 4 aromatic rings. The van der Waals surface area contributed by atoms with E-state index in [4.69, 9.17) is 11.6 Å². The average Bonchev–Trinajstić information content (AvgIpc) is 3.00. The van der Waals surface area contributed by atoms with E-state index in [1.165, 1.54) is 18.2 Å². The van der Waals surface area contributed by atoms with Crippen LogP contribution in [0.2, 0.25) is 0 Å². The molecule has 248 valence electrons. The molecular formula is C34H21ClF12. The van der Waals surface area contributed by atoms with Crippen molar-refractivity contribution in [3.05, 3.63) is 149 Å². The average molecular weight is 693 g/mol. The van der Waals surface area contributed by atoms with Gasteiger partial charge in [0, 0.05) is 0 Å². The number of hydrogen-bond acceptors (Lipinski definition) is 0. The van der Waals surface area contributed by atoms with Gasteiger partial charge < -0.3 is 0 Å². The van der Waals surface area contributed by atoms with Gasteiger partial charge in [-0.05, 0) is 27.8 Å². The first kappa shape index (κ1) is 34.4. The Labute approximate surface area is 265 Å². The molecule has 0 amide bonds. The predicted molar refractivity (Wildman–Crippen MR) is 151 cm³/mol. The molecule has 0 fully saturated rings. The largest absolute Gasteiger partial charge is 0.413 e. The number of hydrogen-bond donors (Lipinski definition) is 0.